The van der Waals surface area contributed by atoms with Crippen LogP contribution in [0.4, 0.5) is 0 Å². The summed E-state index contributed by atoms with van der Waals surface area (Å²) >= 11 is 2.13. The fourth-order valence-corrected chi connectivity index (χ4v) is 4.62. The first-order chi connectivity index (χ1) is 7.57. The van der Waals surface area contributed by atoms with Gasteiger partial charge >= 0.3 is 0 Å². The maximum atomic E-state index is 3.90. The highest BCUT2D eigenvalue weighted by molar-refractivity contribution is 7.99. The molecule has 0 amide bonds. The molecule has 0 aromatic rings. The van der Waals surface area contributed by atoms with E-state index in [0.717, 1.165) is 18.0 Å². The summed E-state index contributed by atoms with van der Waals surface area (Å²) in [6, 6.07) is 1.49. The van der Waals surface area contributed by atoms with Crippen LogP contribution in [0.25, 0.3) is 0 Å². The Hall–Kier alpha value is 0.310. The molecule has 0 aromatic carbocycles. The van der Waals surface area contributed by atoms with Crippen molar-refractivity contribution in [2.24, 2.45) is 11.3 Å². The van der Waals surface area contributed by atoms with E-state index in [0.29, 0.717) is 5.41 Å². The summed E-state index contributed by atoms with van der Waals surface area (Å²) in [6.45, 7) is 7.23. The summed E-state index contributed by atoms with van der Waals surface area (Å²) in [7, 11) is 0. The van der Waals surface area contributed by atoms with Crippen LogP contribution < -0.4 is 5.32 Å². The van der Waals surface area contributed by atoms with Gasteiger partial charge in [-0.3, -0.25) is 0 Å². The molecule has 1 aliphatic heterocycles. The van der Waals surface area contributed by atoms with Gasteiger partial charge in [0.25, 0.3) is 0 Å². The van der Waals surface area contributed by atoms with Gasteiger partial charge in [0.2, 0.25) is 0 Å². The molecule has 94 valence electrons. The number of thioether (sulfide) groups is 1. The minimum absolute atomic E-state index is 0.538. The second-order valence-corrected chi connectivity index (χ2v) is 7.61. The van der Waals surface area contributed by atoms with E-state index in [1.165, 1.54) is 43.6 Å². The van der Waals surface area contributed by atoms with E-state index in [2.05, 4.69) is 37.8 Å². The number of nitrogens with one attached hydrogen (secondary N) is 1. The highest BCUT2D eigenvalue weighted by atomic mass is 32.2. The Morgan fingerprint density at radius 1 is 1.25 bits per heavy atom. The number of hydrogen-bond acceptors (Lipinski definition) is 2. The molecule has 16 heavy (non-hydrogen) atoms. The molecule has 1 saturated heterocycles. The van der Waals surface area contributed by atoms with Crippen molar-refractivity contribution in [2.45, 2.75) is 65.0 Å². The van der Waals surface area contributed by atoms with Gasteiger partial charge in [-0.25, -0.2) is 0 Å². The Balaban J connectivity index is 1.79. The fraction of sp³-hybridized carbons (Fsp3) is 1.00. The zero-order valence-electron chi connectivity index (χ0n) is 11.1. The summed E-state index contributed by atoms with van der Waals surface area (Å²) in [4.78, 5) is 0. The van der Waals surface area contributed by atoms with Crippen molar-refractivity contribution in [3.05, 3.63) is 0 Å². The van der Waals surface area contributed by atoms with Gasteiger partial charge in [-0.05, 0) is 43.3 Å². The van der Waals surface area contributed by atoms with Gasteiger partial charge < -0.3 is 5.32 Å². The van der Waals surface area contributed by atoms with Gasteiger partial charge in [0.1, 0.15) is 0 Å². The third kappa shape index (κ3) is 3.40. The van der Waals surface area contributed by atoms with E-state index in [1.807, 2.05) is 0 Å². The zero-order chi connectivity index (χ0) is 11.6. The Kier molecular flexibility index (Phi) is 4.23. The number of rotatable bonds is 3. The highest BCUT2D eigenvalue weighted by Gasteiger charge is 2.30. The summed E-state index contributed by atoms with van der Waals surface area (Å²) < 4.78 is 0. The van der Waals surface area contributed by atoms with Crippen molar-refractivity contribution < 1.29 is 0 Å². The van der Waals surface area contributed by atoms with Crippen LogP contribution in [0.15, 0.2) is 0 Å². The van der Waals surface area contributed by atoms with Gasteiger partial charge in [0, 0.05) is 17.8 Å². The Bertz CT molecular complexity index is 221. The maximum absolute atomic E-state index is 3.90. The molecule has 1 heterocycles. The van der Waals surface area contributed by atoms with Crippen molar-refractivity contribution >= 4 is 11.8 Å². The summed E-state index contributed by atoms with van der Waals surface area (Å²) in [5.74, 6) is 3.61. The molecule has 1 aliphatic carbocycles. The predicted octanol–water partition coefficient (Wildman–Crippen LogP) is 3.69. The third-order valence-electron chi connectivity index (χ3n) is 4.22. The fourth-order valence-electron chi connectivity index (χ4n) is 3.33. The number of hydrogen-bond donors (Lipinski definition) is 1. The molecule has 0 aromatic heterocycles. The molecule has 2 heteroatoms. The maximum Gasteiger partial charge on any atom is 0.0166 e. The normalized spacial score (nSPS) is 32.8. The molecule has 1 saturated carbocycles. The van der Waals surface area contributed by atoms with Crippen molar-refractivity contribution in [1.29, 1.82) is 0 Å². The highest BCUT2D eigenvalue weighted by Crippen LogP contribution is 2.34. The first-order valence-electron chi connectivity index (χ1n) is 6.91. The third-order valence-corrected chi connectivity index (χ3v) is 5.84. The molecule has 0 bridgehead atoms. The van der Waals surface area contributed by atoms with E-state index >= 15 is 0 Å². The lowest BCUT2D eigenvalue weighted by Gasteiger charge is -2.37. The molecule has 2 fully saturated rings. The van der Waals surface area contributed by atoms with Crippen LogP contribution in [-0.2, 0) is 0 Å². The average Bonchev–Trinajstić information content (AvgIpc) is 2.68. The molecule has 2 atom stereocenters. The van der Waals surface area contributed by atoms with Crippen LogP contribution in [-0.4, -0.2) is 23.6 Å². The van der Waals surface area contributed by atoms with Gasteiger partial charge in [0.15, 0.2) is 0 Å². The van der Waals surface area contributed by atoms with E-state index in [1.54, 1.807) is 0 Å². The molecular formula is C14H27NS. The first kappa shape index (κ1) is 12.8. The van der Waals surface area contributed by atoms with Crippen molar-refractivity contribution in [2.75, 3.05) is 11.5 Å². The topological polar surface area (TPSA) is 12.0 Å². The predicted molar refractivity (Wildman–Crippen MR) is 74.1 cm³/mol. The summed E-state index contributed by atoms with van der Waals surface area (Å²) in [5, 5.41) is 3.90. The first-order valence-corrected chi connectivity index (χ1v) is 8.06. The quantitative estimate of drug-likeness (QED) is 0.809. The summed E-state index contributed by atoms with van der Waals surface area (Å²) in [6.07, 6.45) is 7.19. The van der Waals surface area contributed by atoms with E-state index < -0.39 is 0 Å². The van der Waals surface area contributed by atoms with Gasteiger partial charge in [-0.15, -0.1) is 0 Å². The van der Waals surface area contributed by atoms with Crippen LogP contribution in [0.1, 0.15) is 52.9 Å². The summed E-state index contributed by atoms with van der Waals surface area (Å²) in [5.41, 5.74) is 0.538. The van der Waals surface area contributed by atoms with Crippen molar-refractivity contribution in [3.63, 3.8) is 0 Å². The average molecular weight is 241 g/mol. The van der Waals surface area contributed by atoms with Crippen LogP contribution in [0.5, 0.6) is 0 Å². The van der Waals surface area contributed by atoms with E-state index in [4.69, 9.17) is 0 Å². The monoisotopic (exact) mass is 241 g/mol. The zero-order valence-corrected chi connectivity index (χ0v) is 11.9. The van der Waals surface area contributed by atoms with Crippen LogP contribution in [0.3, 0.4) is 0 Å². The Labute approximate surface area is 105 Å². The van der Waals surface area contributed by atoms with E-state index in [-0.39, 0.29) is 0 Å². The van der Waals surface area contributed by atoms with Crippen molar-refractivity contribution in [1.82, 2.24) is 5.32 Å². The molecule has 0 radical (unpaired) electrons. The van der Waals surface area contributed by atoms with Gasteiger partial charge in [0.05, 0.1) is 0 Å². The SMILES string of the molecule is CC(NC1CSCC(C)(C)C1)C1CCCC1. The molecule has 1 N–H and O–H groups in total. The Morgan fingerprint density at radius 3 is 2.56 bits per heavy atom. The minimum Gasteiger partial charge on any atom is -0.310 e. The molecular weight excluding hydrogens is 214 g/mol. The molecule has 2 rings (SSSR count). The van der Waals surface area contributed by atoms with Crippen LogP contribution in [0, 0.1) is 11.3 Å². The van der Waals surface area contributed by atoms with Crippen LogP contribution in [0.2, 0.25) is 0 Å². The minimum atomic E-state index is 0.538. The Morgan fingerprint density at radius 2 is 1.94 bits per heavy atom. The molecule has 2 aliphatic rings. The lowest BCUT2D eigenvalue weighted by atomic mass is 9.87. The molecule has 2 unspecified atom stereocenters. The second kappa shape index (κ2) is 5.30. The molecule has 0 spiro atoms. The van der Waals surface area contributed by atoms with Gasteiger partial charge in [-0.1, -0.05) is 26.7 Å². The smallest absolute Gasteiger partial charge is 0.0166 e. The lowest BCUT2D eigenvalue weighted by molar-refractivity contribution is 0.275. The van der Waals surface area contributed by atoms with Crippen molar-refractivity contribution in [3.8, 4) is 0 Å². The molecule has 1 nitrogen and oxygen atoms in total. The lowest BCUT2D eigenvalue weighted by Crippen LogP contribution is -2.46. The van der Waals surface area contributed by atoms with E-state index in [9.17, 15) is 0 Å². The van der Waals surface area contributed by atoms with Gasteiger partial charge in [-0.2, -0.15) is 11.8 Å². The largest absolute Gasteiger partial charge is 0.310 e. The second-order valence-electron chi connectivity index (χ2n) is 6.58. The standard InChI is InChI=1S/C14H27NS/c1-11(12-6-4-5-7-12)15-13-8-14(2,3)10-16-9-13/h11-13,15H,4-10H2,1-3H3. The van der Waals surface area contributed by atoms with Crippen LogP contribution >= 0.6 is 11.8 Å².